The average molecular weight is 293 g/mol. The Morgan fingerprint density at radius 1 is 1.30 bits per heavy atom. The normalized spacial score (nSPS) is 12.2. The predicted molar refractivity (Wildman–Crippen MR) is 80.6 cm³/mol. The number of carbonyl (C=O) groups is 1. The highest BCUT2D eigenvalue weighted by molar-refractivity contribution is 6.35. The first-order valence-electron chi connectivity index (χ1n) is 6.51. The molecule has 0 aromatic heterocycles. The smallest absolute Gasteiger partial charge is 0.274 e. The van der Waals surface area contributed by atoms with E-state index in [1.54, 1.807) is 12.1 Å². The zero-order chi connectivity index (χ0) is 14.5. The Hall–Kier alpha value is -1.78. The molecule has 0 radical (unpaired) electrons. The van der Waals surface area contributed by atoms with Gasteiger partial charge in [0.05, 0.1) is 0 Å². The van der Waals surface area contributed by atoms with Gasteiger partial charge in [-0.2, -0.15) is 0 Å². The van der Waals surface area contributed by atoms with E-state index in [1.165, 1.54) is 0 Å². The molecule has 0 saturated carbocycles. The molecule has 2 aromatic carbocycles. The molecule has 0 spiro atoms. The third-order valence-corrected chi connectivity index (χ3v) is 3.42. The summed E-state index contributed by atoms with van der Waals surface area (Å²) in [5.74, 6) is 5.50. The molecule has 0 aliphatic heterocycles. The van der Waals surface area contributed by atoms with Crippen molar-refractivity contribution in [1.82, 2.24) is 5.43 Å². The van der Waals surface area contributed by atoms with Crippen molar-refractivity contribution in [3.8, 4) is 5.75 Å². The van der Waals surface area contributed by atoms with Crippen LogP contribution in [-0.4, -0.2) is 12.0 Å². The van der Waals surface area contributed by atoms with Gasteiger partial charge in [0.2, 0.25) is 0 Å². The summed E-state index contributed by atoms with van der Waals surface area (Å²) in [6.45, 7) is 1.99. The lowest BCUT2D eigenvalue weighted by Gasteiger charge is -2.18. The molecular weight excluding hydrogens is 276 g/mol. The predicted octanol–water partition coefficient (Wildman–Crippen LogP) is 3.03. The van der Waals surface area contributed by atoms with Crippen LogP contribution in [0.15, 0.2) is 36.4 Å². The first-order valence-corrected chi connectivity index (χ1v) is 6.89. The van der Waals surface area contributed by atoms with Crippen molar-refractivity contribution < 1.29 is 9.53 Å². The van der Waals surface area contributed by atoms with E-state index in [0.29, 0.717) is 17.2 Å². The van der Waals surface area contributed by atoms with Crippen LogP contribution in [0, 0.1) is 0 Å². The summed E-state index contributed by atoms with van der Waals surface area (Å²) in [7, 11) is 0. The molecule has 1 amide bonds. The second kappa shape index (κ2) is 6.59. The molecule has 0 saturated heterocycles. The molecule has 4 nitrogen and oxygen atoms in total. The summed E-state index contributed by atoms with van der Waals surface area (Å²) in [5.41, 5.74) is 2.14. The van der Waals surface area contributed by atoms with Gasteiger partial charge >= 0.3 is 0 Å². The maximum absolute atomic E-state index is 11.7. The quantitative estimate of drug-likeness (QED) is 0.506. The number of hydrogen-bond acceptors (Lipinski definition) is 3. The molecule has 5 heteroatoms. The van der Waals surface area contributed by atoms with Gasteiger partial charge in [0.25, 0.3) is 5.91 Å². The Bertz CT molecular complexity index is 616. The van der Waals surface area contributed by atoms with Crippen molar-refractivity contribution in [1.29, 1.82) is 0 Å². The van der Waals surface area contributed by atoms with Crippen molar-refractivity contribution in [3.63, 3.8) is 0 Å². The van der Waals surface area contributed by atoms with Gasteiger partial charge < -0.3 is 4.74 Å². The number of carbonyl (C=O) groups excluding carboxylic acids is 1. The van der Waals surface area contributed by atoms with Gasteiger partial charge in [-0.05, 0) is 18.6 Å². The van der Waals surface area contributed by atoms with Crippen molar-refractivity contribution in [2.75, 3.05) is 0 Å². The Morgan fingerprint density at radius 2 is 2.00 bits per heavy atom. The summed E-state index contributed by atoms with van der Waals surface area (Å²) in [6, 6.07) is 11.2. The summed E-state index contributed by atoms with van der Waals surface area (Å²) >= 11 is 6.16. The van der Waals surface area contributed by atoms with Crippen molar-refractivity contribution in [3.05, 3.63) is 41.4 Å². The number of amides is 1. The lowest BCUT2D eigenvalue weighted by atomic mass is 10.1. The van der Waals surface area contributed by atoms with E-state index in [2.05, 4.69) is 5.43 Å². The molecule has 1 atom stereocenters. The average Bonchev–Trinajstić information content (AvgIpc) is 2.49. The number of fused-ring (bicyclic) bond motifs is 1. The second-order valence-corrected chi connectivity index (χ2v) is 4.90. The lowest BCUT2D eigenvalue weighted by molar-refractivity contribution is -0.128. The van der Waals surface area contributed by atoms with Crippen LogP contribution < -0.4 is 16.0 Å². The van der Waals surface area contributed by atoms with Crippen LogP contribution in [0.2, 0.25) is 5.02 Å². The molecule has 3 N–H and O–H groups in total. The second-order valence-electron chi connectivity index (χ2n) is 4.49. The highest BCUT2D eigenvalue weighted by Gasteiger charge is 2.19. The SMILES string of the molecule is CCCC(Oc1ccc(Cl)c2ccccc12)C(=O)NN. The third-order valence-electron chi connectivity index (χ3n) is 3.09. The molecule has 106 valence electrons. The first kappa shape index (κ1) is 14.6. The highest BCUT2D eigenvalue weighted by atomic mass is 35.5. The van der Waals surface area contributed by atoms with Crippen LogP contribution in [0.1, 0.15) is 19.8 Å². The van der Waals surface area contributed by atoms with Gasteiger partial charge in [0.1, 0.15) is 5.75 Å². The fourth-order valence-electron chi connectivity index (χ4n) is 2.09. The van der Waals surface area contributed by atoms with E-state index in [-0.39, 0.29) is 5.91 Å². The van der Waals surface area contributed by atoms with E-state index < -0.39 is 6.10 Å². The van der Waals surface area contributed by atoms with Gasteiger partial charge in [-0.15, -0.1) is 0 Å². The Balaban J connectivity index is 2.37. The van der Waals surface area contributed by atoms with Crippen molar-refractivity contribution >= 4 is 28.3 Å². The van der Waals surface area contributed by atoms with E-state index in [9.17, 15) is 4.79 Å². The molecule has 0 fully saturated rings. The molecule has 20 heavy (non-hydrogen) atoms. The number of hydrogen-bond donors (Lipinski definition) is 2. The van der Waals surface area contributed by atoms with Crippen molar-refractivity contribution in [2.24, 2.45) is 5.84 Å². The summed E-state index contributed by atoms with van der Waals surface area (Å²) in [6.07, 6.45) is 0.818. The summed E-state index contributed by atoms with van der Waals surface area (Å²) in [5, 5.41) is 2.43. The van der Waals surface area contributed by atoms with E-state index in [0.717, 1.165) is 17.2 Å². The van der Waals surface area contributed by atoms with E-state index >= 15 is 0 Å². The minimum absolute atomic E-state index is 0.328. The number of benzene rings is 2. The van der Waals surface area contributed by atoms with E-state index in [4.69, 9.17) is 22.2 Å². The fraction of sp³-hybridized carbons (Fsp3) is 0.267. The largest absolute Gasteiger partial charge is 0.480 e. The molecule has 1 unspecified atom stereocenters. The maximum atomic E-state index is 11.7. The zero-order valence-electron chi connectivity index (χ0n) is 11.2. The Labute approximate surface area is 122 Å². The van der Waals surface area contributed by atoms with E-state index in [1.807, 2.05) is 31.2 Å². The summed E-state index contributed by atoms with van der Waals surface area (Å²) in [4.78, 5) is 11.7. The molecule has 2 aromatic rings. The number of rotatable bonds is 5. The highest BCUT2D eigenvalue weighted by Crippen LogP contribution is 2.32. The fourth-order valence-corrected chi connectivity index (χ4v) is 2.32. The number of halogens is 1. The van der Waals surface area contributed by atoms with Crippen LogP contribution in [0.5, 0.6) is 5.75 Å². The topological polar surface area (TPSA) is 64.3 Å². The Morgan fingerprint density at radius 3 is 2.65 bits per heavy atom. The monoisotopic (exact) mass is 292 g/mol. The maximum Gasteiger partial charge on any atom is 0.274 e. The zero-order valence-corrected chi connectivity index (χ0v) is 12.0. The third kappa shape index (κ3) is 3.03. The standard InChI is InChI=1S/C15H17ClN2O2/c1-2-5-14(15(19)18-17)20-13-9-8-12(16)10-6-3-4-7-11(10)13/h3-4,6-9,14H,2,5,17H2,1H3,(H,18,19). The number of ether oxygens (including phenoxy) is 1. The summed E-state index contributed by atoms with van der Waals surface area (Å²) < 4.78 is 5.83. The number of nitrogens with two attached hydrogens (primary N) is 1. The van der Waals surface area contributed by atoms with Gasteiger partial charge in [0.15, 0.2) is 6.10 Å². The molecule has 0 heterocycles. The van der Waals surface area contributed by atoms with Gasteiger partial charge in [-0.25, -0.2) is 5.84 Å². The molecular formula is C15H17ClN2O2. The molecule has 0 aliphatic carbocycles. The van der Waals surface area contributed by atoms with Crippen LogP contribution in [0.4, 0.5) is 0 Å². The number of nitrogens with one attached hydrogen (secondary N) is 1. The Kier molecular flexibility index (Phi) is 4.82. The lowest BCUT2D eigenvalue weighted by Crippen LogP contribution is -2.42. The van der Waals surface area contributed by atoms with Gasteiger partial charge in [-0.1, -0.05) is 49.2 Å². The minimum Gasteiger partial charge on any atom is -0.480 e. The molecule has 0 aliphatic rings. The van der Waals surface area contributed by atoms with Gasteiger partial charge in [-0.3, -0.25) is 10.2 Å². The first-order chi connectivity index (χ1) is 9.67. The van der Waals surface area contributed by atoms with Gasteiger partial charge in [0, 0.05) is 15.8 Å². The molecule has 2 rings (SSSR count). The van der Waals surface area contributed by atoms with Crippen LogP contribution in [-0.2, 0) is 4.79 Å². The van der Waals surface area contributed by atoms with Crippen molar-refractivity contribution in [2.45, 2.75) is 25.9 Å². The van der Waals surface area contributed by atoms with Crippen LogP contribution >= 0.6 is 11.6 Å². The van der Waals surface area contributed by atoms with Crippen LogP contribution in [0.25, 0.3) is 10.8 Å². The molecule has 0 bridgehead atoms. The minimum atomic E-state index is -0.602. The number of hydrazine groups is 1. The van der Waals surface area contributed by atoms with Crippen LogP contribution in [0.3, 0.4) is 0 Å².